The van der Waals surface area contributed by atoms with Crippen molar-refractivity contribution in [1.82, 2.24) is 39.7 Å². The second kappa shape index (κ2) is 17.9. The summed E-state index contributed by atoms with van der Waals surface area (Å²) in [7, 11) is 0. The van der Waals surface area contributed by atoms with Crippen molar-refractivity contribution < 1.29 is 9.59 Å². The Morgan fingerprint density at radius 3 is 1.70 bits per heavy atom. The van der Waals surface area contributed by atoms with Gasteiger partial charge in [-0.3, -0.25) is 19.6 Å². The van der Waals surface area contributed by atoms with E-state index < -0.39 is 0 Å². The van der Waals surface area contributed by atoms with E-state index in [1.807, 2.05) is 43.0 Å². The molecule has 2 saturated heterocycles. The van der Waals surface area contributed by atoms with Gasteiger partial charge in [0, 0.05) is 57.0 Å². The number of aromatic nitrogens is 6. The molecule has 0 spiro atoms. The number of nitrogens with two attached hydrogens (primary N) is 1. The van der Waals surface area contributed by atoms with E-state index in [0.29, 0.717) is 41.7 Å². The van der Waals surface area contributed by atoms with Gasteiger partial charge in [0.15, 0.2) is 11.4 Å². The lowest BCUT2D eigenvalue weighted by Crippen LogP contribution is -2.28. The van der Waals surface area contributed by atoms with Crippen LogP contribution < -0.4 is 11.1 Å². The summed E-state index contributed by atoms with van der Waals surface area (Å²) >= 11 is 20.6. The molecule has 0 aliphatic carbocycles. The summed E-state index contributed by atoms with van der Waals surface area (Å²) < 4.78 is 2.63. The fraction of sp³-hybridized carbons (Fsp3) is 0.333. The van der Waals surface area contributed by atoms with E-state index in [4.69, 9.17) is 40.5 Å². The van der Waals surface area contributed by atoms with Gasteiger partial charge in [0.25, 0.3) is 11.8 Å². The highest BCUT2D eigenvalue weighted by Gasteiger charge is 2.26. The number of halogens is 3. The lowest BCUT2D eigenvalue weighted by Gasteiger charge is -2.17. The molecule has 53 heavy (non-hydrogen) atoms. The van der Waals surface area contributed by atoms with Gasteiger partial charge in [0.2, 0.25) is 11.2 Å². The Kier molecular flexibility index (Phi) is 13.0. The zero-order valence-corrected chi connectivity index (χ0v) is 32.9. The molecule has 0 radical (unpaired) electrons. The molecule has 12 nitrogen and oxygen atoms in total. The van der Waals surface area contributed by atoms with Crippen molar-refractivity contribution in [2.45, 2.75) is 51.6 Å². The Morgan fingerprint density at radius 1 is 0.736 bits per heavy atom. The number of fused-ring (bicyclic) bond motifs is 2. The normalized spacial score (nSPS) is 15.1. The van der Waals surface area contributed by atoms with Crippen molar-refractivity contribution in [3.8, 4) is 0 Å². The summed E-state index contributed by atoms with van der Waals surface area (Å²) in [4.78, 5) is 54.3. The average molecular weight is 812 g/mol. The molecule has 0 saturated carbocycles. The van der Waals surface area contributed by atoms with Crippen LogP contribution in [0, 0.1) is 0 Å². The van der Waals surface area contributed by atoms with Crippen molar-refractivity contribution in [3.05, 3.63) is 97.7 Å². The van der Waals surface area contributed by atoms with E-state index in [1.165, 1.54) is 22.7 Å². The number of rotatable bonds is 6. The molecule has 6 aromatic rings. The van der Waals surface area contributed by atoms with Gasteiger partial charge < -0.3 is 20.9 Å². The number of anilines is 1. The van der Waals surface area contributed by atoms with Crippen LogP contribution in [0.2, 0.25) is 14.0 Å². The molecule has 8 rings (SSSR count). The molecular weight excluding hydrogens is 775 g/mol. The molecule has 2 fully saturated rings. The Balaban J connectivity index is 0.000000153. The van der Waals surface area contributed by atoms with E-state index in [-0.39, 0.29) is 29.2 Å². The van der Waals surface area contributed by atoms with Gasteiger partial charge in [-0.1, -0.05) is 35.3 Å². The molecule has 8 heterocycles. The van der Waals surface area contributed by atoms with Gasteiger partial charge in [-0.25, -0.2) is 19.9 Å². The van der Waals surface area contributed by atoms with Crippen LogP contribution in [0.4, 0.5) is 5.95 Å². The highest BCUT2D eigenvalue weighted by Crippen LogP contribution is 2.33. The Bertz CT molecular complexity index is 2170. The number of carbonyl (C=O) groups is 2. The van der Waals surface area contributed by atoms with Crippen LogP contribution in [0.5, 0.6) is 0 Å². The summed E-state index contributed by atoms with van der Waals surface area (Å²) in [6, 6.07) is 11.3. The molecule has 2 aliphatic rings. The molecule has 0 aromatic carbocycles. The van der Waals surface area contributed by atoms with Gasteiger partial charge in [-0.05, 0) is 86.5 Å². The maximum atomic E-state index is 12.9. The number of nitrogens with one attached hydrogen (secondary N) is 1. The topological polar surface area (TPSA) is 156 Å². The second-order valence-electron chi connectivity index (χ2n) is 12.5. The van der Waals surface area contributed by atoms with Crippen molar-refractivity contribution in [1.29, 1.82) is 0 Å². The summed E-state index contributed by atoms with van der Waals surface area (Å²) in [6.07, 6.45) is 11.2. The first-order valence-electron chi connectivity index (χ1n) is 17.1. The minimum Gasteiger partial charge on any atom is -0.348 e. The second-order valence-corrected chi connectivity index (χ2v) is 16.2. The molecule has 0 unspecified atom stereocenters. The predicted molar refractivity (Wildman–Crippen MR) is 213 cm³/mol. The average Bonchev–Trinajstić information content (AvgIpc) is 3.99. The van der Waals surface area contributed by atoms with E-state index in [1.54, 1.807) is 41.8 Å². The lowest BCUT2D eigenvalue weighted by molar-refractivity contribution is 0.0782. The number of likely N-dealkylation sites (tertiary alicyclic amines) is 2. The third-order valence-corrected chi connectivity index (χ3v) is 11.3. The summed E-state index contributed by atoms with van der Waals surface area (Å²) in [5.74, 6) is 0.289. The monoisotopic (exact) mass is 810 g/mol. The van der Waals surface area contributed by atoms with Crippen LogP contribution in [-0.2, 0) is 0 Å². The van der Waals surface area contributed by atoms with E-state index in [2.05, 4.69) is 35.2 Å². The van der Waals surface area contributed by atoms with Crippen molar-refractivity contribution in [2.24, 2.45) is 5.73 Å². The number of amides is 2. The Morgan fingerprint density at radius 2 is 1.23 bits per heavy atom. The highest BCUT2D eigenvalue weighted by atomic mass is 35.5. The van der Waals surface area contributed by atoms with E-state index >= 15 is 0 Å². The van der Waals surface area contributed by atoms with Gasteiger partial charge in [0.05, 0.1) is 35.1 Å². The molecule has 0 bridgehead atoms. The largest absolute Gasteiger partial charge is 0.348 e. The maximum Gasteiger partial charge on any atom is 0.274 e. The first kappa shape index (κ1) is 38.7. The molecule has 17 heteroatoms. The van der Waals surface area contributed by atoms with E-state index in [0.717, 1.165) is 67.7 Å². The first-order valence-corrected chi connectivity index (χ1v) is 19.8. The van der Waals surface area contributed by atoms with Crippen molar-refractivity contribution in [2.75, 3.05) is 31.5 Å². The highest BCUT2D eigenvalue weighted by molar-refractivity contribution is 7.23. The third kappa shape index (κ3) is 9.74. The van der Waals surface area contributed by atoms with Crippen LogP contribution in [0.3, 0.4) is 0 Å². The maximum absolute atomic E-state index is 12.9. The van der Waals surface area contributed by atoms with Crippen LogP contribution in [0.15, 0.2) is 61.2 Å². The van der Waals surface area contributed by atoms with Crippen LogP contribution in [-0.4, -0.2) is 77.7 Å². The van der Waals surface area contributed by atoms with E-state index in [9.17, 15) is 9.59 Å². The van der Waals surface area contributed by atoms with Gasteiger partial charge in [0.1, 0.15) is 0 Å². The fourth-order valence-corrected chi connectivity index (χ4v) is 8.28. The Labute approximate surface area is 329 Å². The predicted octanol–water partition coefficient (Wildman–Crippen LogP) is 8.48. The third-order valence-electron chi connectivity index (χ3n) is 8.59. The molecule has 2 aliphatic heterocycles. The van der Waals surface area contributed by atoms with Crippen LogP contribution >= 0.6 is 57.5 Å². The van der Waals surface area contributed by atoms with Gasteiger partial charge in [-0.15, -0.1) is 22.7 Å². The molecule has 3 N–H and O–H groups in total. The number of nitrogens with zero attached hydrogens (tertiary/aromatic N) is 8. The zero-order chi connectivity index (χ0) is 37.5. The SMILES string of the molecule is C[C@H](N)c1cccnc1.C[C@H](Nc1nc(C(=O)N2CCCC2)c2sc(Cl)cc2n1)c1cccnc1.O=C(c1nc(Cl)nc2cc(Cl)sc12)N1CCCC1. The fourth-order valence-electron chi connectivity index (χ4n) is 5.82. The Hall–Kier alpha value is -4.05. The number of pyridine rings is 2. The minimum atomic E-state index is -0.0830. The zero-order valence-electron chi connectivity index (χ0n) is 29.0. The summed E-state index contributed by atoms with van der Waals surface area (Å²) in [6.45, 7) is 7.06. The van der Waals surface area contributed by atoms with Gasteiger partial charge in [-0.2, -0.15) is 0 Å². The molecule has 6 aromatic heterocycles. The number of carbonyl (C=O) groups excluding carboxylic acids is 2. The molecular formula is C36H37Cl3N10O2S2. The van der Waals surface area contributed by atoms with Crippen LogP contribution in [0.25, 0.3) is 20.4 Å². The standard InChI is InChI=1S/C18H18ClN5OS.C11H9Cl2N3OS.C7H10N2/c1-11(12-5-4-6-20-10-12)21-18-22-13-9-14(19)26-16(13)15(23-18)17(25)24-7-2-3-8-24;12-7-5-6-9(18-7)8(15-11(13)14-6)10(17)16-3-1-2-4-16;1-6(8)7-3-2-4-9-5-7/h4-6,9-11H,2-3,7-8H2,1H3,(H,21,22,23);5H,1-4H2;2-6H,8H2,1H3/t11-;;6-/m0.0/s1. The molecule has 276 valence electrons. The molecule has 2 atom stereocenters. The van der Waals surface area contributed by atoms with Crippen molar-refractivity contribution in [3.63, 3.8) is 0 Å². The number of hydrogen-bond donors (Lipinski definition) is 2. The summed E-state index contributed by atoms with van der Waals surface area (Å²) in [5.41, 5.74) is 9.79. The smallest absolute Gasteiger partial charge is 0.274 e. The first-order chi connectivity index (χ1) is 25.6. The summed E-state index contributed by atoms with van der Waals surface area (Å²) in [5, 5.41) is 3.36. The lowest BCUT2D eigenvalue weighted by atomic mass is 10.1. The van der Waals surface area contributed by atoms with Crippen molar-refractivity contribution >= 4 is 95.7 Å². The van der Waals surface area contributed by atoms with Gasteiger partial charge >= 0.3 is 0 Å². The molecule has 2 amide bonds. The number of thiophene rings is 2. The number of hydrogen-bond acceptors (Lipinski definition) is 12. The quantitative estimate of drug-likeness (QED) is 0.157. The van der Waals surface area contributed by atoms with Crippen LogP contribution in [0.1, 0.15) is 83.7 Å². The minimum absolute atomic E-state index is 0.0370.